The van der Waals surface area contributed by atoms with Gasteiger partial charge in [0, 0.05) is 16.7 Å². The number of hydrogen-bond donors (Lipinski definition) is 2. The van der Waals surface area contributed by atoms with Crippen LogP contribution in [0.4, 0.5) is 0 Å². The summed E-state index contributed by atoms with van der Waals surface area (Å²) >= 11 is 0. The number of rotatable bonds is 4. The number of hydrogen-bond acceptors (Lipinski definition) is 7. The van der Waals surface area contributed by atoms with E-state index in [1.807, 2.05) is 18.2 Å². The lowest BCUT2D eigenvalue weighted by Crippen LogP contribution is -2.30. The van der Waals surface area contributed by atoms with E-state index in [-0.39, 0.29) is 32.3 Å². The summed E-state index contributed by atoms with van der Waals surface area (Å²) in [7, 11) is -3.95. The number of aromatic nitrogens is 4. The predicted octanol–water partition coefficient (Wildman–Crippen LogP) is 2.10. The zero-order chi connectivity index (χ0) is 22.3. The van der Waals surface area contributed by atoms with Gasteiger partial charge in [0.05, 0.1) is 9.79 Å². The number of amides is 1. The molecule has 3 aromatic carbocycles. The Balaban J connectivity index is 1.53. The van der Waals surface area contributed by atoms with Gasteiger partial charge in [0.2, 0.25) is 15.7 Å². The first-order valence-corrected chi connectivity index (χ1v) is 11.1. The van der Waals surface area contributed by atoms with Crippen LogP contribution in [0.15, 0.2) is 82.6 Å². The molecule has 2 heterocycles. The summed E-state index contributed by atoms with van der Waals surface area (Å²) in [5.74, 6) is -0.696. The molecule has 4 aromatic rings. The average molecular weight is 445 g/mol. The van der Waals surface area contributed by atoms with Crippen molar-refractivity contribution in [2.45, 2.75) is 15.8 Å². The van der Waals surface area contributed by atoms with E-state index in [1.54, 1.807) is 24.3 Å². The minimum atomic E-state index is -3.95. The maximum absolute atomic E-state index is 13.1. The highest BCUT2D eigenvalue weighted by molar-refractivity contribution is 7.91. The zero-order valence-electron chi connectivity index (χ0n) is 16.4. The summed E-state index contributed by atoms with van der Waals surface area (Å²) in [6, 6.07) is 18.4. The molecule has 158 valence electrons. The van der Waals surface area contributed by atoms with E-state index in [0.717, 1.165) is 5.56 Å². The lowest BCUT2D eigenvalue weighted by molar-refractivity contribution is 0.0939. The van der Waals surface area contributed by atoms with Gasteiger partial charge >= 0.3 is 0 Å². The smallest absolute Gasteiger partial charge is 0.252 e. The Bertz CT molecular complexity index is 1450. The predicted molar refractivity (Wildman–Crippen MR) is 112 cm³/mol. The fourth-order valence-corrected chi connectivity index (χ4v) is 5.35. The number of fused-ring (bicyclic) bond motifs is 2. The van der Waals surface area contributed by atoms with Crippen LogP contribution < -0.4 is 5.32 Å². The maximum atomic E-state index is 13.1. The van der Waals surface area contributed by atoms with Gasteiger partial charge in [-0.2, -0.15) is 5.21 Å². The Labute approximate surface area is 182 Å². The molecule has 5 rings (SSSR count). The molecule has 2 N–H and O–H groups in total. The number of H-pyrrole nitrogens is 1. The highest BCUT2D eigenvalue weighted by Crippen LogP contribution is 2.34. The lowest BCUT2D eigenvalue weighted by Gasteiger charge is -2.20. The summed E-state index contributed by atoms with van der Waals surface area (Å²) in [5, 5.41) is 16.7. The van der Waals surface area contributed by atoms with Crippen molar-refractivity contribution in [3.63, 3.8) is 0 Å². The second kappa shape index (κ2) is 7.50. The van der Waals surface area contributed by atoms with E-state index in [9.17, 15) is 18.0 Å². The van der Waals surface area contributed by atoms with Gasteiger partial charge in [-0.3, -0.25) is 9.59 Å². The Morgan fingerprint density at radius 3 is 2.38 bits per heavy atom. The Morgan fingerprint density at radius 2 is 1.62 bits per heavy atom. The molecule has 1 unspecified atom stereocenters. The number of ketones is 1. The molecule has 1 aromatic heterocycles. The maximum Gasteiger partial charge on any atom is 0.252 e. The van der Waals surface area contributed by atoms with Crippen LogP contribution in [-0.2, 0) is 9.84 Å². The second-order valence-electron chi connectivity index (χ2n) is 7.13. The van der Waals surface area contributed by atoms with Gasteiger partial charge in [0.15, 0.2) is 5.78 Å². The van der Waals surface area contributed by atoms with E-state index >= 15 is 0 Å². The van der Waals surface area contributed by atoms with Gasteiger partial charge in [-0.05, 0) is 35.9 Å². The van der Waals surface area contributed by atoms with E-state index in [2.05, 4.69) is 25.9 Å². The molecule has 1 amide bonds. The first-order chi connectivity index (χ1) is 15.5. The SMILES string of the molecule is O=C(NC(c1ccccc1)c1nn[nH]n1)c1ccc2c(c1)S(=O)(=O)c1ccccc1C2=O. The summed E-state index contributed by atoms with van der Waals surface area (Å²) in [6.45, 7) is 0. The third-order valence-electron chi connectivity index (χ3n) is 5.23. The Morgan fingerprint density at radius 1 is 0.906 bits per heavy atom. The number of nitrogens with zero attached hydrogens (tertiary/aromatic N) is 3. The molecule has 0 saturated carbocycles. The van der Waals surface area contributed by atoms with Crippen molar-refractivity contribution in [1.29, 1.82) is 0 Å². The van der Waals surface area contributed by atoms with Crippen LogP contribution in [0.5, 0.6) is 0 Å². The van der Waals surface area contributed by atoms with Crippen molar-refractivity contribution >= 4 is 21.5 Å². The number of nitrogens with one attached hydrogen (secondary N) is 2. The highest BCUT2D eigenvalue weighted by Gasteiger charge is 2.35. The van der Waals surface area contributed by atoms with Crippen molar-refractivity contribution in [3.8, 4) is 0 Å². The van der Waals surface area contributed by atoms with Gasteiger partial charge in [0.1, 0.15) is 6.04 Å². The molecule has 1 atom stereocenters. The minimum absolute atomic E-state index is 0.0398. The minimum Gasteiger partial charge on any atom is -0.338 e. The van der Waals surface area contributed by atoms with Crippen molar-refractivity contribution in [2.24, 2.45) is 0 Å². The van der Waals surface area contributed by atoms with Crippen LogP contribution in [0.25, 0.3) is 0 Å². The van der Waals surface area contributed by atoms with Gasteiger partial charge < -0.3 is 5.32 Å². The van der Waals surface area contributed by atoms with E-state index in [4.69, 9.17) is 0 Å². The molecule has 0 spiro atoms. The number of sulfone groups is 1. The van der Waals surface area contributed by atoms with E-state index in [1.165, 1.54) is 30.3 Å². The van der Waals surface area contributed by atoms with E-state index < -0.39 is 27.6 Å². The van der Waals surface area contributed by atoms with Crippen molar-refractivity contribution in [2.75, 3.05) is 0 Å². The number of carbonyl (C=O) groups is 2. The molecule has 1 aliphatic rings. The van der Waals surface area contributed by atoms with Crippen molar-refractivity contribution in [1.82, 2.24) is 25.9 Å². The van der Waals surface area contributed by atoms with Gasteiger partial charge in [-0.1, -0.05) is 47.7 Å². The van der Waals surface area contributed by atoms with Crippen molar-refractivity contribution < 1.29 is 18.0 Å². The number of carbonyl (C=O) groups excluding carboxylic acids is 2. The molecule has 0 aliphatic carbocycles. The molecule has 0 saturated heterocycles. The summed E-state index contributed by atoms with van der Waals surface area (Å²) in [5.41, 5.74) is 0.970. The lowest BCUT2D eigenvalue weighted by atomic mass is 10.0. The van der Waals surface area contributed by atoms with Gasteiger partial charge in [-0.25, -0.2) is 8.42 Å². The van der Waals surface area contributed by atoms with Crippen molar-refractivity contribution in [3.05, 3.63) is 101 Å². The third kappa shape index (κ3) is 3.17. The molecule has 9 nitrogen and oxygen atoms in total. The standard InChI is InChI=1S/C22H15N5O4S/c28-20-15-8-4-5-9-17(15)32(30,31)18-12-14(10-11-16(18)20)22(29)23-19(21-24-26-27-25-21)13-6-2-1-3-7-13/h1-12,19H,(H,23,29)(H,24,25,26,27). The second-order valence-corrected chi connectivity index (χ2v) is 9.01. The van der Waals surface area contributed by atoms with Crippen LogP contribution in [0.2, 0.25) is 0 Å². The number of benzene rings is 3. The molecule has 32 heavy (non-hydrogen) atoms. The molecule has 10 heteroatoms. The zero-order valence-corrected chi connectivity index (χ0v) is 17.2. The average Bonchev–Trinajstić information content (AvgIpc) is 3.36. The molecule has 0 bridgehead atoms. The van der Waals surface area contributed by atoms with Crippen LogP contribution in [0.1, 0.15) is 43.7 Å². The number of aromatic amines is 1. The monoisotopic (exact) mass is 445 g/mol. The van der Waals surface area contributed by atoms with Gasteiger partial charge in [-0.15, -0.1) is 10.2 Å². The normalized spacial score (nSPS) is 14.8. The highest BCUT2D eigenvalue weighted by atomic mass is 32.2. The molecule has 0 fully saturated rings. The van der Waals surface area contributed by atoms with Crippen LogP contribution in [-0.4, -0.2) is 40.7 Å². The molecular weight excluding hydrogens is 430 g/mol. The van der Waals surface area contributed by atoms with Crippen LogP contribution in [0, 0.1) is 0 Å². The first kappa shape index (κ1) is 19.8. The summed E-state index contributed by atoms with van der Waals surface area (Å²) in [6.07, 6.45) is 0. The van der Waals surface area contributed by atoms with Gasteiger partial charge in [0.25, 0.3) is 5.91 Å². The quantitative estimate of drug-likeness (QED) is 0.432. The Hall–Kier alpha value is -4.18. The number of tetrazole rings is 1. The molecule has 0 radical (unpaired) electrons. The Kier molecular flexibility index (Phi) is 4.63. The molecule has 1 aliphatic heterocycles. The first-order valence-electron chi connectivity index (χ1n) is 9.59. The third-order valence-corrected chi connectivity index (χ3v) is 7.08. The van der Waals surface area contributed by atoms with Crippen LogP contribution in [0.3, 0.4) is 0 Å². The van der Waals surface area contributed by atoms with Crippen LogP contribution >= 0.6 is 0 Å². The fourth-order valence-electron chi connectivity index (χ4n) is 3.67. The molecular formula is C22H15N5O4S. The van der Waals surface area contributed by atoms with E-state index in [0.29, 0.717) is 0 Å². The fraction of sp³-hybridized carbons (Fsp3) is 0.0455. The summed E-state index contributed by atoms with van der Waals surface area (Å²) in [4.78, 5) is 25.6. The summed E-state index contributed by atoms with van der Waals surface area (Å²) < 4.78 is 26.3. The topological polar surface area (TPSA) is 135 Å². The largest absolute Gasteiger partial charge is 0.338 e.